The van der Waals surface area contributed by atoms with Crippen LogP contribution in [-0.2, 0) is 0 Å². The maximum absolute atomic E-state index is 12.5. The molecule has 3 heterocycles. The summed E-state index contributed by atoms with van der Waals surface area (Å²) >= 11 is 0. The lowest BCUT2D eigenvalue weighted by Crippen LogP contribution is -2.34. The zero-order valence-electron chi connectivity index (χ0n) is 14.5. The standard InChI is InChI=1S/C19H21N3O3/c1-13-14(8-9-15(21-13)17-6-4-10-24-17)19(23)20-12-16(22(2)3)18-7-5-11-25-18/h4-11,16H,12H2,1-3H3,(H,20,23)/t16-/m0/s1. The first-order valence-corrected chi connectivity index (χ1v) is 8.06. The molecule has 3 rings (SSSR count). The maximum atomic E-state index is 12.5. The molecule has 0 saturated carbocycles. The molecule has 0 fully saturated rings. The van der Waals surface area contributed by atoms with Gasteiger partial charge in [-0.05, 0) is 57.4 Å². The summed E-state index contributed by atoms with van der Waals surface area (Å²) in [5, 5.41) is 2.96. The van der Waals surface area contributed by atoms with E-state index in [1.807, 2.05) is 50.2 Å². The first-order valence-electron chi connectivity index (χ1n) is 8.06. The van der Waals surface area contributed by atoms with E-state index in [9.17, 15) is 4.79 Å². The first kappa shape index (κ1) is 17.0. The summed E-state index contributed by atoms with van der Waals surface area (Å²) < 4.78 is 10.8. The lowest BCUT2D eigenvalue weighted by Gasteiger charge is -2.22. The Morgan fingerprint density at radius 2 is 1.92 bits per heavy atom. The van der Waals surface area contributed by atoms with E-state index in [4.69, 9.17) is 8.83 Å². The molecule has 1 amide bonds. The second kappa shape index (κ2) is 7.36. The molecule has 0 aromatic carbocycles. The van der Waals surface area contributed by atoms with Crippen molar-refractivity contribution in [3.63, 3.8) is 0 Å². The van der Waals surface area contributed by atoms with Crippen LogP contribution in [0.4, 0.5) is 0 Å². The zero-order valence-corrected chi connectivity index (χ0v) is 14.5. The van der Waals surface area contributed by atoms with Crippen LogP contribution in [0.1, 0.15) is 27.9 Å². The fraction of sp³-hybridized carbons (Fsp3) is 0.263. The van der Waals surface area contributed by atoms with E-state index in [1.54, 1.807) is 24.7 Å². The lowest BCUT2D eigenvalue weighted by molar-refractivity contribution is 0.0938. The molecule has 6 nitrogen and oxygen atoms in total. The number of aryl methyl sites for hydroxylation is 1. The van der Waals surface area contributed by atoms with Crippen LogP contribution in [0.15, 0.2) is 57.8 Å². The van der Waals surface area contributed by atoms with Gasteiger partial charge < -0.3 is 14.2 Å². The summed E-state index contributed by atoms with van der Waals surface area (Å²) in [4.78, 5) is 19.0. The normalized spacial score (nSPS) is 12.3. The molecule has 0 bridgehead atoms. The Morgan fingerprint density at radius 1 is 1.16 bits per heavy atom. The fourth-order valence-corrected chi connectivity index (χ4v) is 2.67. The van der Waals surface area contributed by atoms with Crippen molar-refractivity contribution < 1.29 is 13.6 Å². The van der Waals surface area contributed by atoms with Gasteiger partial charge in [-0.15, -0.1) is 0 Å². The topological polar surface area (TPSA) is 71.5 Å². The Bertz CT molecular complexity index is 824. The van der Waals surface area contributed by atoms with Crippen LogP contribution in [0.25, 0.3) is 11.5 Å². The van der Waals surface area contributed by atoms with E-state index in [-0.39, 0.29) is 11.9 Å². The number of aromatic nitrogens is 1. The maximum Gasteiger partial charge on any atom is 0.253 e. The van der Waals surface area contributed by atoms with Gasteiger partial charge in [0.2, 0.25) is 0 Å². The number of carbonyl (C=O) groups excluding carboxylic acids is 1. The van der Waals surface area contributed by atoms with Gasteiger partial charge >= 0.3 is 0 Å². The third kappa shape index (κ3) is 3.80. The van der Waals surface area contributed by atoms with Crippen LogP contribution < -0.4 is 5.32 Å². The van der Waals surface area contributed by atoms with Crippen molar-refractivity contribution in [2.45, 2.75) is 13.0 Å². The number of pyridine rings is 1. The van der Waals surface area contributed by atoms with E-state index in [0.717, 1.165) is 5.76 Å². The molecule has 130 valence electrons. The monoisotopic (exact) mass is 339 g/mol. The van der Waals surface area contributed by atoms with Crippen molar-refractivity contribution in [3.05, 3.63) is 65.9 Å². The van der Waals surface area contributed by atoms with E-state index >= 15 is 0 Å². The van der Waals surface area contributed by atoms with Crippen molar-refractivity contribution in [1.82, 2.24) is 15.2 Å². The molecule has 0 aliphatic rings. The van der Waals surface area contributed by atoms with Gasteiger partial charge in [0.15, 0.2) is 5.76 Å². The molecule has 0 unspecified atom stereocenters. The van der Waals surface area contributed by atoms with Crippen LogP contribution in [-0.4, -0.2) is 36.4 Å². The highest BCUT2D eigenvalue weighted by molar-refractivity contribution is 5.95. The second-order valence-electron chi connectivity index (χ2n) is 6.01. The predicted octanol–water partition coefficient (Wildman–Crippen LogP) is 3.28. The van der Waals surface area contributed by atoms with Crippen LogP contribution in [0.2, 0.25) is 0 Å². The molecular formula is C19H21N3O3. The predicted molar refractivity (Wildman–Crippen MR) is 94.1 cm³/mol. The van der Waals surface area contributed by atoms with Crippen molar-refractivity contribution in [2.24, 2.45) is 0 Å². The van der Waals surface area contributed by atoms with Crippen molar-refractivity contribution in [1.29, 1.82) is 0 Å². The summed E-state index contributed by atoms with van der Waals surface area (Å²) in [5.74, 6) is 1.34. The van der Waals surface area contributed by atoms with Gasteiger partial charge in [-0.1, -0.05) is 0 Å². The van der Waals surface area contributed by atoms with E-state index in [1.165, 1.54) is 0 Å². The minimum atomic E-state index is -0.158. The number of carbonyl (C=O) groups is 1. The first-order chi connectivity index (χ1) is 12.1. The number of likely N-dealkylation sites (N-methyl/N-ethyl adjacent to an activating group) is 1. The molecule has 0 spiro atoms. The Morgan fingerprint density at radius 3 is 2.52 bits per heavy atom. The molecule has 6 heteroatoms. The van der Waals surface area contributed by atoms with Gasteiger partial charge in [0.25, 0.3) is 5.91 Å². The number of rotatable bonds is 6. The number of amides is 1. The van der Waals surface area contributed by atoms with Crippen molar-refractivity contribution in [3.8, 4) is 11.5 Å². The average molecular weight is 339 g/mol. The quantitative estimate of drug-likeness (QED) is 0.746. The molecule has 3 aromatic heterocycles. The summed E-state index contributed by atoms with van der Waals surface area (Å²) in [7, 11) is 3.90. The number of hydrogen-bond acceptors (Lipinski definition) is 5. The van der Waals surface area contributed by atoms with Gasteiger partial charge in [-0.2, -0.15) is 0 Å². The van der Waals surface area contributed by atoms with Crippen molar-refractivity contribution in [2.75, 3.05) is 20.6 Å². The molecule has 1 atom stereocenters. The third-order valence-electron chi connectivity index (χ3n) is 4.05. The highest BCUT2D eigenvalue weighted by atomic mass is 16.3. The van der Waals surface area contributed by atoms with Gasteiger partial charge in [0.1, 0.15) is 11.5 Å². The molecule has 0 aliphatic heterocycles. The molecule has 0 saturated heterocycles. The van der Waals surface area contributed by atoms with Gasteiger partial charge in [-0.3, -0.25) is 9.69 Å². The average Bonchev–Trinajstić information content (AvgIpc) is 3.28. The third-order valence-corrected chi connectivity index (χ3v) is 4.05. The summed E-state index contributed by atoms with van der Waals surface area (Å²) in [5.41, 5.74) is 1.92. The van der Waals surface area contributed by atoms with Gasteiger partial charge in [0, 0.05) is 6.54 Å². The largest absolute Gasteiger partial charge is 0.468 e. The Hall–Kier alpha value is -2.86. The van der Waals surface area contributed by atoms with Gasteiger partial charge in [-0.25, -0.2) is 4.98 Å². The molecule has 3 aromatic rings. The Balaban J connectivity index is 1.71. The minimum absolute atomic E-state index is 0.0328. The Labute approximate surface area is 146 Å². The van der Waals surface area contributed by atoms with Crippen LogP contribution in [0.5, 0.6) is 0 Å². The Kier molecular flexibility index (Phi) is 5.00. The molecule has 1 N–H and O–H groups in total. The molecular weight excluding hydrogens is 318 g/mol. The van der Waals surface area contributed by atoms with E-state index < -0.39 is 0 Å². The summed E-state index contributed by atoms with van der Waals surface area (Å²) in [6, 6.07) is 10.9. The van der Waals surface area contributed by atoms with Gasteiger partial charge in [0.05, 0.1) is 29.8 Å². The van der Waals surface area contributed by atoms with Crippen molar-refractivity contribution >= 4 is 5.91 Å². The number of hydrogen-bond donors (Lipinski definition) is 1. The van der Waals surface area contributed by atoms with Crippen LogP contribution in [0, 0.1) is 6.92 Å². The number of nitrogens with one attached hydrogen (secondary N) is 1. The lowest BCUT2D eigenvalue weighted by atomic mass is 10.1. The molecule has 0 radical (unpaired) electrons. The summed E-state index contributed by atoms with van der Waals surface area (Å²) in [6.45, 7) is 2.26. The number of furan rings is 2. The molecule has 25 heavy (non-hydrogen) atoms. The smallest absolute Gasteiger partial charge is 0.253 e. The second-order valence-corrected chi connectivity index (χ2v) is 6.01. The highest BCUT2D eigenvalue weighted by Crippen LogP contribution is 2.20. The zero-order chi connectivity index (χ0) is 17.8. The van der Waals surface area contributed by atoms with E-state index in [2.05, 4.69) is 10.3 Å². The number of nitrogens with zero attached hydrogens (tertiary/aromatic N) is 2. The summed E-state index contributed by atoms with van der Waals surface area (Å²) in [6.07, 6.45) is 3.23. The SMILES string of the molecule is Cc1nc(-c2ccco2)ccc1C(=O)NC[C@@H](c1ccco1)N(C)C. The van der Waals surface area contributed by atoms with Crippen LogP contribution in [0.3, 0.4) is 0 Å². The minimum Gasteiger partial charge on any atom is -0.468 e. The highest BCUT2D eigenvalue weighted by Gasteiger charge is 2.19. The van der Waals surface area contributed by atoms with Crippen LogP contribution >= 0.6 is 0 Å². The van der Waals surface area contributed by atoms with E-state index in [0.29, 0.717) is 29.3 Å². The fourth-order valence-electron chi connectivity index (χ4n) is 2.67. The molecule has 0 aliphatic carbocycles.